The van der Waals surface area contributed by atoms with Crippen molar-refractivity contribution in [2.75, 3.05) is 0 Å². The lowest BCUT2D eigenvalue weighted by Crippen LogP contribution is -2.15. The average Bonchev–Trinajstić information content (AvgIpc) is 3.89. The molecule has 13 rings (SSSR count). The smallest absolute Gasteiger partial charge is 0.163 e. The first-order valence-electron chi connectivity index (χ1n) is 20.4. The summed E-state index contributed by atoms with van der Waals surface area (Å²) in [6.07, 6.45) is 0. The maximum absolute atomic E-state index is 5.50. The molecule has 0 saturated carbocycles. The number of hydrogen-bond donors (Lipinski definition) is 0. The van der Waals surface area contributed by atoms with Gasteiger partial charge in [0.2, 0.25) is 0 Å². The van der Waals surface area contributed by atoms with E-state index >= 15 is 0 Å². The maximum atomic E-state index is 5.50. The van der Waals surface area contributed by atoms with Crippen LogP contribution in [0.2, 0.25) is 0 Å². The number of nitrogens with zero attached hydrogens (tertiary/aromatic N) is 4. The third kappa shape index (κ3) is 4.43. The second-order valence-electron chi connectivity index (χ2n) is 16.6. The van der Waals surface area contributed by atoms with Gasteiger partial charge in [-0.25, -0.2) is 9.97 Å². The van der Waals surface area contributed by atoms with Crippen molar-refractivity contribution in [2.45, 2.75) is 19.3 Å². The summed E-state index contributed by atoms with van der Waals surface area (Å²) in [7, 11) is 0. The summed E-state index contributed by atoms with van der Waals surface area (Å²) in [5, 5.41) is 12.5. The quantitative estimate of drug-likeness (QED) is 0.169. The van der Waals surface area contributed by atoms with Crippen molar-refractivity contribution < 1.29 is 0 Å². The van der Waals surface area contributed by atoms with Crippen molar-refractivity contribution in [2.24, 2.45) is 0 Å². The van der Waals surface area contributed by atoms with Crippen LogP contribution in [0.1, 0.15) is 25.0 Å². The number of para-hydroxylation sites is 4. The highest BCUT2D eigenvalue weighted by Gasteiger charge is 2.36. The third-order valence-electron chi connectivity index (χ3n) is 13.1. The number of rotatable bonds is 3. The monoisotopic (exact) mass is 752 g/mol. The predicted octanol–water partition coefficient (Wildman–Crippen LogP) is 14.1. The molecule has 4 nitrogen and oxygen atoms in total. The number of fused-ring (bicyclic) bond motifs is 15. The summed E-state index contributed by atoms with van der Waals surface area (Å²) in [5.41, 5.74) is 10.4. The molecule has 0 bridgehead atoms. The van der Waals surface area contributed by atoms with Crippen LogP contribution in [0.4, 0.5) is 0 Å². The zero-order valence-corrected chi connectivity index (χ0v) is 32.6. The van der Waals surface area contributed by atoms with E-state index in [1.54, 1.807) is 0 Å². The summed E-state index contributed by atoms with van der Waals surface area (Å²) in [5.74, 6) is 2.34. The van der Waals surface area contributed by atoms with E-state index < -0.39 is 0 Å². The Morgan fingerprint density at radius 3 is 1.17 bits per heavy atom. The van der Waals surface area contributed by atoms with E-state index in [9.17, 15) is 0 Å². The van der Waals surface area contributed by atoms with Gasteiger partial charge in [-0.15, -0.1) is 0 Å². The van der Waals surface area contributed by atoms with Crippen LogP contribution >= 0.6 is 0 Å². The normalized spacial score (nSPS) is 13.4. The molecule has 0 spiro atoms. The van der Waals surface area contributed by atoms with Crippen LogP contribution < -0.4 is 0 Å². The average molecular weight is 753 g/mol. The van der Waals surface area contributed by atoms with Crippen LogP contribution in [-0.4, -0.2) is 19.1 Å². The van der Waals surface area contributed by atoms with Gasteiger partial charge >= 0.3 is 0 Å². The van der Waals surface area contributed by atoms with Gasteiger partial charge in [0.15, 0.2) is 5.82 Å². The van der Waals surface area contributed by atoms with Crippen molar-refractivity contribution in [3.05, 3.63) is 193 Å². The molecular formula is C55H36N4. The molecule has 12 aromatic rings. The number of hydrogen-bond acceptors (Lipinski definition) is 2. The topological polar surface area (TPSA) is 35.6 Å². The van der Waals surface area contributed by atoms with Gasteiger partial charge in [-0.1, -0.05) is 147 Å². The second kappa shape index (κ2) is 11.7. The lowest BCUT2D eigenvalue weighted by molar-refractivity contribution is 0.661. The summed E-state index contributed by atoms with van der Waals surface area (Å²) in [6, 6.07) is 66.2. The molecule has 1 aliphatic rings. The van der Waals surface area contributed by atoms with E-state index in [1.165, 1.54) is 76.1 Å². The molecule has 0 amide bonds. The summed E-state index contributed by atoms with van der Waals surface area (Å²) in [4.78, 5) is 11.0. The number of aromatic nitrogens is 4. The third-order valence-corrected chi connectivity index (χ3v) is 13.1. The van der Waals surface area contributed by atoms with Crippen LogP contribution in [0.25, 0.3) is 110 Å². The fourth-order valence-electron chi connectivity index (χ4n) is 10.4. The molecule has 1 aliphatic carbocycles. The molecule has 3 heterocycles. The van der Waals surface area contributed by atoms with Gasteiger partial charge in [-0.2, -0.15) is 0 Å². The van der Waals surface area contributed by atoms with Crippen LogP contribution in [0.15, 0.2) is 182 Å². The standard InChI is InChI=1S/C55H36N4/c1-55(2)46-28-27-33(29-44(46)45-30-42-36-17-5-3-15-34(36)35-16-4-6-18-37(35)43(42)31-47(45)55)54-56-52(58-48-23-11-7-19-38(48)39-20-8-12-24-49(39)58)32-53(57-54)59-50-25-13-9-21-40(50)41-22-10-14-26-51(41)59/h3-32H,1-2H3. The molecule has 4 heteroatoms. The fourth-order valence-corrected chi connectivity index (χ4v) is 10.4. The Morgan fingerprint density at radius 1 is 0.339 bits per heavy atom. The molecule has 0 saturated heterocycles. The Bertz CT molecular complexity index is 3530. The van der Waals surface area contributed by atoms with Crippen molar-refractivity contribution in [1.29, 1.82) is 0 Å². The molecule has 276 valence electrons. The zero-order chi connectivity index (χ0) is 39.0. The first-order chi connectivity index (χ1) is 29.0. The highest BCUT2D eigenvalue weighted by atomic mass is 15.1. The minimum atomic E-state index is -0.191. The van der Waals surface area contributed by atoms with Gasteiger partial charge in [0.25, 0.3) is 0 Å². The molecule has 9 aromatic carbocycles. The van der Waals surface area contributed by atoms with Gasteiger partial charge in [0, 0.05) is 38.6 Å². The molecular weight excluding hydrogens is 717 g/mol. The maximum Gasteiger partial charge on any atom is 0.163 e. The summed E-state index contributed by atoms with van der Waals surface area (Å²) >= 11 is 0. The van der Waals surface area contributed by atoms with E-state index in [1.807, 2.05) is 0 Å². The van der Waals surface area contributed by atoms with E-state index in [-0.39, 0.29) is 5.41 Å². The van der Waals surface area contributed by atoms with Crippen LogP contribution in [-0.2, 0) is 5.41 Å². The Hall–Kier alpha value is -7.56. The largest absolute Gasteiger partial charge is 0.294 e. The first-order valence-corrected chi connectivity index (χ1v) is 20.4. The molecule has 3 aromatic heterocycles. The Kier molecular flexibility index (Phi) is 6.48. The SMILES string of the molecule is CC1(C)c2ccc(-c3nc(-n4c5ccccc5c5ccccc54)cc(-n4c5ccccc5c5ccccc54)n3)cc2-c2cc3c4ccccc4c4ccccc4c3cc21. The van der Waals surface area contributed by atoms with Gasteiger partial charge < -0.3 is 0 Å². The summed E-state index contributed by atoms with van der Waals surface area (Å²) in [6.45, 7) is 4.73. The number of benzene rings is 9. The van der Waals surface area contributed by atoms with E-state index in [4.69, 9.17) is 9.97 Å². The minimum Gasteiger partial charge on any atom is -0.294 e. The molecule has 0 atom stereocenters. The second-order valence-corrected chi connectivity index (χ2v) is 16.6. The van der Waals surface area contributed by atoms with Gasteiger partial charge in [-0.3, -0.25) is 9.13 Å². The van der Waals surface area contributed by atoms with Gasteiger partial charge in [0.1, 0.15) is 11.6 Å². The molecule has 0 aliphatic heterocycles. The van der Waals surface area contributed by atoms with Gasteiger partial charge in [-0.05, 0) is 97.0 Å². The highest BCUT2D eigenvalue weighted by molar-refractivity contribution is 6.26. The van der Waals surface area contributed by atoms with Crippen molar-refractivity contribution >= 4 is 75.9 Å². The van der Waals surface area contributed by atoms with Crippen molar-refractivity contribution in [3.8, 4) is 34.2 Å². The van der Waals surface area contributed by atoms with E-state index in [2.05, 4.69) is 205 Å². The molecule has 0 N–H and O–H groups in total. The van der Waals surface area contributed by atoms with Crippen LogP contribution in [0.3, 0.4) is 0 Å². The lowest BCUT2D eigenvalue weighted by atomic mass is 9.81. The van der Waals surface area contributed by atoms with Crippen LogP contribution in [0.5, 0.6) is 0 Å². The lowest BCUT2D eigenvalue weighted by Gasteiger charge is -2.22. The van der Waals surface area contributed by atoms with E-state index in [0.29, 0.717) is 5.82 Å². The first kappa shape index (κ1) is 32.5. The molecule has 0 radical (unpaired) electrons. The molecule has 59 heavy (non-hydrogen) atoms. The van der Waals surface area contributed by atoms with Crippen molar-refractivity contribution in [3.63, 3.8) is 0 Å². The molecule has 0 unspecified atom stereocenters. The Labute approximate surface area is 340 Å². The molecule has 0 fully saturated rings. The van der Waals surface area contributed by atoms with Crippen LogP contribution in [0, 0.1) is 0 Å². The van der Waals surface area contributed by atoms with Crippen molar-refractivity contribution in [1.82, 2.24) is 19.1 Å². The zero-order valence-electron chi connectivity index (χ0n) is 32.6. The highest BCUT2D eigenvalue weighted by Crippen LogP contribution is 2.52. The van der Waals surface area contributed by atoms with E-state index in [0.717, 1.165) is 39.3 Å². The Morgan fingerprint density at radius 2 is 0.712 bits per heavy atom. The Balaban J connectivity index is 1.09. The van der Waals surface area contributed by atoms with Gasteiger partial charge in [0.05, 0.1) is 22.1 Å². The fraction of sp³-hybridized carbons (Fsp3) is 0.0545. The predicted molar refractivity (Wildman–Crippen MR) is 246 cm³/mol. The summed E-state index contributed by atoms with van der Waals surface area (Å²) < 4.78 is 4.61. The minimum absolute atomic E-state index is 0.191.